The molecule has 0 aliphatic heterocycles. The van der Waals surface area contributed by atoms with Gasteiger partial charge in [0.15, 0.2) is 0 Å². The second-order valence-corrected chi connectivity index (χ2v) is 5.30. The van der Waals surface area contributed by atoms with E-state index in [1.54, 1.807) is 26.6 Å². The lowest BCUT2D eigenvalue weighted by Crippen LogP contribution is -2.26. The van der Waals surface area contributed by atoms with E-state index in [1.165, 1.54) is 0 Å². The molecule has 1 amide bonds. The second-order valence-electron chi connectivity index (χ2n) is 5.30. The Balaban J connectivity index is 1.91. The maximum absolute atomic E-state index is 12.1. The molecule has 0 saturated carbocycles. The van der Waals surface area contributed by atoms with Crippen LogP contribution in [0.15, 0.2) is 42.7 Å². The molecule has 23 heavy (non-hydrogen) atoms. The first-order valence-electron chi connectivity index (χ1n) is 7.53. The summed E-state index contributed by atoms with van der Waals surface area (Å²) in [6.07, 6.45) is 4.51. The minimum Gasteiger partial charge on any atom is -0.497 e. The average Bonchev–Trinajstić information content (AvgIpc) is 2.60. The van der Waals surface area contributed by atoms with Crippen LogP contribution in [0.3, 0.4) is 0 Å². The Kier molecular flexibility index (Phi) is 5.97. The number of ether oxygens (including phenoxy) is 2. The summed E-state index contributed by atoms with van der Waals surface area (Å²) in [4.78, 5) is 16.2. The number of amides is 1. The quantitative estimate of drug-likeness (QED) is 0.853. The zero-order chi connectivity index (χ0) is 16.7. The molecule has 1 heterocycles. The fourth-order valence-corrected chi connectivity index (χ4v) is 2.30. The monoisotopic (exact) mass is 314 g/mol. The van der Waals surface area contributed by atoms with Crippen LogP contribution >= 0.6 is 0 Å². The van der Waals surface area contributed by atoms with Crippen molar-refractivity contribution in [3.8, 4) is 11.5 Å². The smallest absolute Gasteiger partial charge is 0.220 e. The minimum atomic E-state index is -0.0592. The van der Waals surface area contributed by atoms with E-state index in [2.05, 4.69) is 10.3 Å². The van der Waals surface area contributed by atoms with Crippen molar-refractivity contribution in [2.24, 2.45) is 0 Å². The van der Waals surface area contributed by atoms with E-state index in [0.717, 1.165) is 22.6 Å². The topological polar surface area (TPSA) is 60.5 Å². The molecule has 0 bridgehead atoms. The highest BCUT2D eigenvalue weighted by molar-refractivity contribution is 5.76. The summed E-state index contributed by atoms with van der Waals surface area (Å²) in [5.74, 6) is 1.45. The molecule has 1 N–H and O–H groups in total. The lowest BCUT2D eigenvalue weighted by atomic mass is 10.1. The van der Waals surface area contributed by atoms with Crippen molar-refractivity contribution in [2.45, 2.75) is 25.8 Å². The highest BCUT2D eigenvalue weighted by Gasteiger charge is 2.10. The highest BCUT2D eigenvalue weighted by atomic mass is 16.5. The number of pyridine rings is 1. The molecule has 1 aromatic heterocycles. The van der Waals surface area contributed by atoms with E-state index in [4.69, 9.17) is 9.47 Å². The number of hydrogen-bond acceptors (Lipinski definition) is 4. The number of rotatable bonds is 7. The van der Waals surface area contributed by atoms with E-state index >= 15 is 0 Å². The Morgan fingerprint density at radius 1 is 1.22 bits per heavy atom. The molecule has 0 aliphatic rings. The minimum absolute atomic E-state index is 0.00291. The van der Waals surface area contributed by atoms with Gasteiger partial charge in [-0.15, -0.1) is 0 Å². The molecular formula is C18H22N2O3. The number of methoxy groups -OCH3 is 2. The van der Waals surface area contributed by atoms with Crippen molar-refractivity contribution in [3.63, 3.8) is 0 Å². The Hall–Kier alpha value is -2.56. The molecular weight excluding hydrogens is 292 g/mol. The van der Waals surface area contributed by atoms with Crippen molar-refractivity contribution in [3.05, 3.63) is 53.9 Å². The summed E-state index contributed by atoms with van der Waals surface area (Å²) in [5.41, 5.74) is 1.99. The van der Waals surface area contributed by atoms with Gasteiger partial charge in [-0.25, -0.2) is 0 Å². The van der Waals surface area contributed by atoms with Gasteiger partial charge in [-0.2, -0.15) is 0 Å². The summed E-state index contributed by atoms with van der Waals surface area (Å²) in [7, 11) is 3.22. The van der Waals surface area contributed by atoms with Gasteiger partial charge in [0.1, 0.15) is 11.5 Å². The molecule has 2 rings (SSSR count). The van der Waals surface area contributed by atoms with Crippen LogP contribution in [-0.2, 0) is 11.2 Å². The Labute approximate surface area is 136 Å². The first-order chi connectivity index (χ1) is 11.1. The van der Waals surface area contributed by atoms with Gasteiger partial charge >= 0.3 is 0 Å². The Morgan fingerprint density at radius 2 is 1.91 bits per heavy atom. The third-order valence-corrected chi connectivity index (χ3v) is 3.61. The lowest BCUT2D eigenvalue weighted by Gasteiger charge is -2.14. The summed E-state index contributed by atoms with van der Waals surface area (Å²) >= 11 is 0. The molecule has 5 heteroatoms. The van der Waals surface area contributed by atoms with Gasteiger partial charge in [0.2, 0.25) is 5.91 Å². The van der Waals surface area contributed by atoms with Gasteiger partial charge in [0.25, 0.3) is 0 Å². The van der Waals surface area contributed by atoms with Gasteiger partial charge in [-0.1, -0.05) is 6.07 Å². The molecule has 1 aromatic carbocycles. The van der Waals surface area contributed by atoms with Crippen LogP contribution in [0.2, 0.25) is 0 Å². The lowest BCUT2D eigenvalue weighted by molar-refractivity contribution is -0.121. The maximum atomic E-state index is 12.1. The largest absolute Gasteiger partial charge is 0.497 e. The summed E-state index contributed by atoms with van der Waals surface area (Å²) in [6, 6.07) is 9.40. The SMILES string of the molecule is COc1cc(CCC(=O)NC(C)c2cccnc2)cc(OC)c1. The van der Waals surface area contributed by atoms with Gasteiger partial charge in [-0.3, -0.25) is 9.78 Å². The van der Waals surface area contributed by atoms with Crippen LogP contribution < -0.4 is 14.8 Å². The molecule has 0 aliphatic carbocycles. The predicted octanol–water partition coefficient (Wildman–Crippen LogP) is 2.91. The van der Waals surface area contributed by atoms with Crippen molar-refractivity contribution in [2.75, 3.05) is 14.2 Å². The van der Waals surface area contributed by atoms with Gasteiger partial charge in [0, 0.05) is 24.9 Å². The molecule has 5 nitrogen and oxygen atoms in total. The third-order valence-electron chi connectivity index (χ3n) is 3.61. The van der Waals surface area contributed by atoms with E-state index in [0.29, 0.717) is 12.8 Å². The number of nitrogens with zero attached hydrogens (tertiary/aromatic N) is 1. The van der Waals surface area contributed by atoms with Gasteiger partial charge < -0.3 is 14.8 Å². The average molecular weight is 314 g/mol. The van der Waals surface area contributed by atoms with Crippen LogP contribution in [0.4, 0.5) is 0 Å². The molecule has 122 valence electrons. The highest BCUT2D eigenvalue weighted by Crippen LogP contribution is 2.23. The first kappa shape index (κ1) is 16.8. The second kappa shape index (κ2) is 8.17. The first-order valence-corrected chi connectivity index (χ1v) is 7.53. The van der Waals surface area contributed by atoms with Crippen molar-refractivity contribution < 1.29 is 14.3 Å². The standard InChI is InChI=1S/C18H22N2O3/c1-13(15-5-4-8-19-12-15)20-18(21)7-6-14-9-16(22-2)11-17(10-14)23-3/h4-5,8-13H,6-7H2,1-3H3,(H,20,21). The molecule has 0 fully saturated rings. The number of hydrogen-bond donors (Lipinski definition) is 1. The number of carbonyl (C=O) groups excluding carboxylic acids is 1. The summed E-state index contributed by atoms with van der Waals surface area (Å²) < 4.78 is 10.5. The number of nitrogens with one attached hydrogen (secondary N) is 1. The Bertz CT molecular complexity index is 622. The molecule has 2 aromatic rings. The number of carbonyl (C=O) groups is 1. The van der Waals surface area contributed by atoms with E-state index in [9.17, 15) is 4.79 Å². The fourth-order valence-electron chi connectivity index (χ4n) is 2.30. The van der Waals surface area contributed by atoms with Gasteiger partial charge in [0.05, 0.1) is 20.3 Å². The van der Waals surface area contributed by atoms with Crippen LogP contribution in [0.25, 0.3) is 0 Å². The molecule has 0 radical (unpaired) electrons. The normalized spacial score (nSPS) is 11.6. The van der Waals surface area contributed by atoms with Gasteiger partial charge in [-0.05, 0) is 42.7 Å². The summed E-state index contributed by atoms with van der Waals surface area (Å²) in [5, 5.41) is 2.98. The number of benzene rings is 1. The predicted molar refractivity (Wildman–Crippen MR) is 88.7 cm³/mol. The summed E-state index contributed by atoms with van der Waals surface area (Å²) in [6.45, 7) is 1.95. The zero-order valence-electron chi connectivity index (χ0n) is 13.7. The van der Waals surface area contributed by atoms with Crippen LogP contribution in [0, 0.1) is 0 Å². The van der Waals surface area contributed by atoms with E-state index < -0.39 is 0 Å². The van der Waals surface area contributed by atoms with Crippen LogP contribution in [0.1, 0.15) is 30.5 Å². The molecule has 0 saturated heterocycles. The number of aromatic nitrogens is 1. The zero-order valence-corrected chi connectivity index (χ0v) is 13.7. The van der Waals surface area contributed by atoms with Crippen molar-refractivity contribution in [1.29, 1.82) is 0 Å². The van der Waals surface area contributed by atoms with Crippen molar-refractivity contribution >= 4 is 5.91 Å². The maximum Gasteiger partial charge on any atom is 0.220 e. The molecule has 0 spiro atoms. The molecule has 1 atom stereocenters. The van der Waals surface area contributed by atoms with Crippen LogP contribution in [-0.4, -0.2) is 25.1 Å². The molecule has 1 unspecified atom stereocenters. The van der Waals surface area contributed by atoms with E-state index in [-0.39, 0.29) is 11.9 Å². The Morgan fingerprint density at radius 3 is 2.48 bits per heavy atom. The van der Waals surface area contributed by atoms with Crippen LogP contribution in [0.5, 0.6) is 11.5 Å². The number of aryl methyl sites for hydroxylation is 1. The van der Waals surface area contributed by atoms with E-state index in [1.807, 2.05) is 37.3 Å². The van der Waals surface area contributed by atoms with Crippen molar-refractivity contribution in [1.82, 2.24) is 10.3 Å². The third kappa shape index (κ3) is 4.98. The fraction of sp³-hybridized carbons (Fsp3) is 0.333.